The highest BCUT2D eigenvalue weighted by Gasteiger charge is 2.09. The van der Waals surface area contributed by atoms with E-state index in [2.05, 4.69) is 37.7 Å². The van der Waals surface area contributed by atoms with Gasteiger partial charge in [0.05, 0.1) is 0 Å². The number of rotatable bonds is 10. The molecule has 0 aromatic rings. The van der Waals surface area contributed by atoms with Gasteiger partial charge in [-0.1, -0.05) is 66.2 Å². The molecule has 22 heavy (non-hydrogen) atoms. The second kappa shape index (κ2) is 20.9. The second-order valence-corrected chi connectivity index (χ2v) is 6.47. The Bertz CT molecular complexity index is 175. The first-order valence-corrected chi connectivity index (χ1v) is 10.1. The average molecular weight is 315 g/mol. The first-order valence-electron chi connectivity index (χ1n) is 10.1. The molecule has 136 valence electrons. The van der Waals surface area contributed by atoms with E-state index >= 15 is 0 Å². The molecule has 1 aliphatic rings. The maximum absolute atomic E-state index is 2.59. The lowest BCUT2D eigenvalue weighted by Gasteiger charge is -2.12. The van der Waals surface area contributed by atoms with Gasteiger partial charge >= 0.3 is 0 Å². The van der Waals surface area contributed by atoms with Crippen molar-refractivity contribution in [2.75, 3.05) is 40.3 Å². The summed E-state index contributed by atoms with van der Waals surface area (Å²) in [6, 6.07) is 0. The maximum Gasteiger partial charge on any atom is -0.00183 e. The molecule has 1 rings (SSSR count). The summed E-state index contributed by atoms with van der Waals surface area (Å²) in [7, 11) is 4.28. The summed E-state index contributed by atoms with van der Waals surface area (Å²) in [6.07, 6.45) is 14.0. The van der Waals surface area contributed by atoms with E-state index in [1.807, 2.05) is 13.8 Å². The third-order valence-corrected chi connectivity index (χ3v) is 3.99. The van der Waals surface area contributed by atoms with Gasteiger partial charge < -0.3 is 9.80 Å². The molecule has 1 heterocycles. The Hall–Kier alpha value is -0.0800. The topological polar surface area (TPSA) is 6.48 Å². The van der Waals surface area contributed by atoms with Crippen molar-refractivity contribution in [1.82, 2.24) is 9.80 Å². The van der Waals surface area contributed by atoms with Gasteiger partial charge in [-0.3, -0.25) is 0 Å². The molecule has 0 amide bonds. The van der Waals surface area contributed by atoms with Crippen LogP contribution in [0.5, 0.6) is 0 Å². The van der Waals surface area contributed by atoms with Gasteiger partial charge in [0.25, 0.3) is 0 Å². The SMILES string of the molecule is CC.CCCCCCCN(C)C.CCCCCN1CCCC1. The van der Waals surface area contributed by atoms with Gasteiger partial charge in [-0.25, -0.2) is 0 Å². The smallest absolute Gasteiger partial charge is 0.00183 e. The quantitative estimate of drug-likeness (QED) is 0.469. The fourth-order valence-electron chi connectivity index (χ4n) is 2.62. The van der Waals surface area contributed by atoms with Gasteiger partial charge in [0.15, 0.2) is 0 Å². The molecule has 1 fully saturated rings. The van der Waals surface area contributed by atoms with Crippen molar-refractivity contribution < 1.29 is 0 Å². The largest absolute Gasteiger partial charge is 0.309 e. The predicted molar refractivity (Wildman–Crippen MR) is 104 cm³/mol. The minimum atomic E-state index is 1.25. The van der Waals surface area contributed by atoms with Crippen molar-refractivity contribution in [1.29, 1.82) is 0 Å². The van der Waals surface area contributed by atoms with Crippen LogP contribution in [0.15, 0.2) is 0 Å². The lowest BCUT2D eigenvalue weighted by Crippen LogP contribution is -2.20. The normalized spacial score (nSPS) is 14.3. The molecule has 1 aliphatic heterocycles. The Kier molecular flexibility index (Phi) is 23.0. The molecule has 0 saturated carbocycles. The summed E-state index contributed by atoms with van der Waals surface area (Å²) in [6.45, 7) is 13.9. The van der Waals surface area contributed by atoms with E-state index in [4.69, 9.17) is 0 Å². The molecule has 0 aromatic carbocycles. The number of nitrogens with zero attached hydrogens (tertiary/aromatic N) is 2. The van der Waals surface area contributed by atoms with Crippen molar-refractivity contribution in [3.05, 3.63) is 0 Å². The zero-order chi connectivity index (χ0) is 17.1. The Labute approximate surface area is 142 Å². The first-order chi connectivity index (χ1) is 10.7. The molecule has 0 aromatic heterocycles. The molecule has 0 spiro atoms. The van der Waals surface area contributed by atoms with Crippen LogP contribution >= 0.6 is 0 Å². The number of hydrogen-bond donors (Lipinski definition) is 0. The van der Waals surface area contributed by atoms with Crippen molar-refractivity contribution >= 4 is 0 Å². The summed E-state index contributed by atoms with van der Waals surface area (Å²) < 4.78 is 0. The van der Waals surface area contributed by atoms with Gasteiger partial charge in [-0.2, -0.15) is 0 Å². The third-order valence-electron chi connectivity index (χ3n) is 3.99. The van der Waals surface area contributed by atoms with Crippen LogP contribution < -0.4 is 0 Å². The summed E-state index contributed by atoms with van der Waals surface area (Å²) in [4.78, 5) is 4.85. The number of unbranched alkanes of at least 4 members (excludes halogenated alkanes) is 6. The average Bonchev–Trinajstić information content (AvgIpc) is 3.03. The van der Waals surface area contributed by atoms with Crippen molar-refractivity contribution in [2.24, 2.45) is 0 Å². The number of hydrogen-bond acceptors (Lipinski definition) is 2. The van der Waals surface area contributed by atoms with Crippen molar-refractivity contribution in [3.8, 4) is 0 Å². The van der Waals surface area contributed by atoms with Crippen LogP contribution in [0, 0.1) is 0 Å². The van der Waals surface area contributed by atoms with Gasteiger partial charge in [-0.15, -0.1) is 0 Å². The third kappa shape index (κ3) is 19.9. The molecular weight excluding hydrogens is 268 g/mol. The molecule has 0 N–H and O–H groups in total. The Morgan fingerprint density at radius 3 is 1.73 bits per heavy atom. The lowest BCUT2D eigenvalue weighted by molar-refractivity contribution is 0.329. The van der Waals surface area contributed by atoms with Crippen LogP contribution in [0.2, 0.25) is 0 Å². The highest BCUT2D eigenvalue weighted by molar-refractivity contribution is 4.65. The Balaban J connectivity index is 0. The number of likely N-dealkylation sites (tertiary alicyclic amines) is 1. The van der Waals surface area contributed by atoms with Crippen molar-refractivity contribution in [3.63, 3.8) is 0 Å². The van der Waals surface area contributed by atoms with Crippen LogP contribution in [0.4, 0.5) is 0 Å². The highest BCUT2D eigenvalue weighted by Crippen LogP contribution is 2.08. The zero-order valence-corrected chi connectivity index (χ0v) is 16.8. The van der Waals surface area contributed by atoms with Gasteiger partial charge in [-0.05, 0) is 66.0 Å². The molecule has 0 radical (unpaired) electrons. The molecule has 0 atom stereocenters. The second-order valence-electron chi connectivity index (χ2n) is 6.47. The molecule has 2 nitrogen and oxygen atoms in total. The fourth-order valence-corrected chi connectivity index (χ4v) is 2.62. The molecular formula is C20H46N2. The predicted octanol–water partition coefficient (Wildman–Crippen LogP) is 5.82. The van der Waals surface area contributed by atoms with Crippen LogP contribution in [0.1, 0.15) is 91.9 Å². The van der Waals surface area contributed by atoms with E-state index in [1.165, 1.54) is 90.4 Å². The molecule has 0 bridgehead atoms. The Morgan fingerprint density at radius 2 is 1.23 bits per heavy atom. The van der Waals surface area contributed by atoms with E-state index in [9.17, 15) is 0 Å². The van der Waals surface area contributed by atoms with Crippen molar-refractivity contribution in [2.45, 2.75) is 91.9 Å². The monoisotopic (exact) mass is 314 g/mol. The molecule has 1 saturated heterocycles. The minimum absolute atomic E-state index is 1.25. The minimum Gasteiger partial charge on any atom is -0.309 e. The molecule has 0 aliphatic carbocycles. The van der Waals surface area contributed by atoms with Gasteiger partial charge in [0.1, 0.15) is 0 Å². The van der Waals surface area contributed by atoms with E-state index < -0.39 is 0 Å². The standard InChI is InChI=1S/C9H19N.C9H21N.C2H6/c1-2-3-4-7-10-8-5-6-9-10;1-4-5-6-7-8-9-10(2)3;1-2/h2-9H2,1H3;4-9H2,1-3H3;1-2H3. The maximum atomic E-state index is 2.59. The van der Waals surface area contributed by atoms with E-state index in [0.29, 0.717) is 0 Å². The van der Waals surface area contributed by atoms with Crippen LogP contribution in [0.25, 0.3) is 0 Å². The summed E-state index contributed by atoms with van der Waals surface area (Å²) in [5.74, 6) is 0. The van der Waals surface area contributed by atoms with E-state index in [-0.39, 0.29) is 0 Å². The van der Waals surface area contributed by atoms with Gasteiger partial charge in [0, 0.05) is 0 Å². The first kappa shape index (κ1) is 24.2. The van der Waals surface area contributed by atoms with Gasteiger partial charge in [0.2, 0.25) is 0 Å². The van der Waals surface area contributed by atoms with Crippen LogP contribution in [0.3, 0.4) is 0 Å². The van der Waals surface area contributed by atoms with Crippen LogP contribution in [-0.2, 0) is 0 Å². The van der Waals surface area contributed by atoms with Crippen LogP contribution in [-0.4, -0.2) is 50.1 Å². The highest BCUT2D eigenvalue weighted by atomic mass is 15.1. The summed E-state index contributed by atoms with van der Waals surface area (Å²) >= 11 is 0. The summed E-state index contributed by atoms with van der Waals surface area (Å²) in [5, 5.41) is 0. The van der Waals surface area contributed by atoms with E-state index in [1.54, 1.807) is 0 Å². The lowest BCUT2D eigenvalue weighted by atomic mass is 10.1. The van der Waals surface area contributed by atoms with E-state index in [0.717, 1.165) is 0 Å². The zero-order valence-electron chi connectivity index (χ0n) is 16.8. The Morgan fingerprint density at radius 1 is 0.727 bits per heavy atom. The molecule has 0 unspecified atom stereocenters. The summed E-state index contributed by atoms with van der Waals surface area (Å²) in [5.41, 5.74) is 0. The fraction of sp³-hybridized carbons (Fsp3) is 1.00. The molecule has 2 heteroatoms.